The first-order chi connectivity index (χ1) is 13.1. The van der Waals surface area contributed by atoms with Crippen molar-refractivity contribution < 1.29 is 9.69 Å². The van der Waals surface area contributed by atoms with Crippen LogP contribution in [-0.2, 0) is 6.54 Å². The summed E-state index contributed by atoms with van der Waals surface area (Å²) in [7, 11) is 2.12. The molecular weight excluding hydrogens is 340 g/mol. The van der Waals surface area contributed by atoms with Crippen LogP contribution >= 0.6 is 0 Å². The van der Waals surface area contributed by atoms with Crippen LogP contribution in [0.25, 0.3) is 11.0 Å². The van der Waals surface area contributed by atoms with Crippen LogP contribution in [-0.4, -0.2) is 53.6 Å². The molecule has 2 aromatic heterocycles. The Kier molecular flexibility index (Phi) is 4.73. The summed E-state index contributed by atoms with van der Waals surface area (Å²) in [5, 5.41) is 0.802. The lowest BCUT2D eigenvalue weighted by Crippen LogP contribution is -3.12. The van der Waals surface area contributed by atoms with Crippen LogP contribution in [0, 0.1) is 0 Å². The van der Waals surface area contributed by atoms with E-state index < -0.39 is 0 Å². The molecule has 3 heterocycles. The second-order valence-electron chi connectivity index (χ2n) is 7.10. The van der Waals surface area contributed by atoms with Crippen LogP contribution in [0.4, 0.5) is 0 Å². The number of piperazine rings is 1. The predicted octanol–water partition coefficient (Wildman–Crippen LogP) is 0.415. The number of amides is 1. The highest BCUT2D eigenvalue weighted by Crippen LogP contribution is 2.14. The first-order valence-electron chi connectivity index (χ1n) is 9.26. The van der Waals surface area contributed by atoms with Gasteiger partial charge in [-0.1, -0.05) is 30.3 Å². The van der Waals surface area contributed by atoms with Crippen molar-refractivity contribution in [3.63, 3.8) is 0 Å². The fourth-order valence-electron chi connectivity index (χ4n) is 3.53. The quantitative estimate of drug-likeness (QED) is 0.734. The Morgan fingerprint density at radius 3 is 2.59 bits per heavy atom. The number of nitrogens with zero attached hydrogens (tertiary/aromatic N) is 3. The highest BCUT2D eigenvalue weighted by Gasteiger charge is 2.25. The molecule has 6 nitrogen and oxygen atoms in total. The number of likely N-dealkylation sites (N-methyl/N-ethyl adjacent to an activating group) is 1. The number of benzene rings is 1. The molecule has 0 aliphatic carbocycles. The lowest BCUT2D eigenvalue weighted by Gasteiger charge is -2.30. The van der Waals surface area contributed by atoms with E-state index in [9.17, 15) is 9.59 Å². The van der Waals surface area contributed by atoms with Crippen LogP contribution in [0.5, 0.6) is 0 Å². The van der Waals surface area contributed by atoms with Crippen molar-refractivity contribution in [3.05, 3.63) is 76.2 Å². The molecule has 0 atom stereocenters. The van der Waals surface area contributed by atoms with Gasteiger partial charge in [-0.15, -0.1) is 0 Å². The second-order valence-corrected chi connectivity index (χ2v) is 7.10. The molecule has 0 saturated carbocycles. The second kappa shape index (κ2) is 7.32. The number of quaternary nitrogens is 1. The summed E-state index contributed by atoms with van der Waals surface area (Å²) in [4.78, 5) is 33.9. The van der Waals surface area contributed by atoms with Crippen molar-refractivity contribution in [1.29, 1.82) is 0 Å². The Hall–Kier alpha value is -2.99. The summed E-state index contributed by atoms with van der Waals surface area (Å²) in [6, 6.07) is 15.2. The summed E-state index contributed by atoms with van der Waals surface area (Å²) in [6.45, 7) is 3.54. The summed E-state index contributed by atoms with van der Waals surface area (Å²) < 4.78 is 1.61. The Labute approximate surface area is 157 Å². The van der Waals surface area contributed by atoms with Gasteiger partial charge in [0.05, 0.1) is 39.8 Å². The number of hydrogen-bond acceptors (Lipinski definition) is 3. The minimum absolute atomic E-state index is 0.180. The number of hydrogen-bond donors (Lipinski definition) is 1. The van der Waals surface area contributed by atoms with Gasteiger partial charge in [-0.2, -0.15) is 0 Å². The molecule has 3 aromatic rings. The minimum Gasteiger partial charge on any atom is -0.334 e. The molecule has 1 aliphatic rings. The molecule has 1 fully saturated rings. The predicted molar refractivity (Wildman–Crippen MR) is 104 cm³/mol. The van der Waals surface area contributed by atoms with E-state index in [0.717, 1.165) is 24.0 Å². The molecule has 0 unspecified atom stereocenters. The molecule has 1 N–H and O–H groups in total. The summed E-state index contributed by atoms with van der Waals surface area (Å²) in [5.41, 5.74) is 1.55. The highest BCUT2D eigenvalue weighted by molar-refractivity contribution is 5.97. The van der Waals surface area contributed by atoms with Crippen LogP contribution in [0.1, 0.15) is 15.9 Å². The molecule has 4 rings (SSSR count). The molecule has 138 valence electrons. The SMILES string of the molecule is C[NH+]1CCN(C(=O)c2cc3cccnc3n(Cc3ccccc3)c2=O)CC1. The van der Waals surface area contributed by atoms with Gasteiger partial charge in [-0.25, -0.2) is 4.98 Å². The molecule has 0 radical (unpaired) electrons. The van der Waals surface area contributed by atoms with Crippen LogP contribution in [0.3, 0.4) is 0 Å². The number of rotatable bonds is 3. The van der Waals surface area contributed by atoms with Crippen molar-refractivity contribution in [3.8, 4) is 0 Å². The van der Waals surface area contributed by atoms with Gasteiger partial charge in [0.15, 0.2) is 0 Å². The molecular formula is C21H23N4O2+. The molecule has 1 aliphatic heterocycles. The van der Waals surface area contributed by atoms with Gasteiger partial charge >= 0.3 is 0 Å². The zero-order chi connectivity index (χ0) is 18.8. The van der Waals surface area contributed by atoms with Gasteiger partial charge in [-0.3, -0.25) is 14.2 Å². The van der Waals surface area contributed by atoms with Crippen molar-refractivity contribution in [2.45, 2.75) is 6.54 Å². The average Bonchev–Trinajstić information content (AvgIpc) is 2.71. The third-order valence-corrected chi connectivity index (χ3v) is 5.17. The first kappa shape index (κ1) is 17.4. The summed E-state index contributed by atoms with van der Waals surface area (Å²) in [5.74, 6) is -0.180. The smallest absolute Gasteiger partial charge is 0.265 e. The highest BCUT2D eigenvalue weighted by atomic mass is 16.2. The number of aromatic nitrogens is 2. The topological polar surface area (TPSA) is 59.6 Å². The van der Waals surface area contributed by atoms with E-state index in [4.69, 9.17) is 0 Å². The van der Waals surface area contributed by atoms with E-state index in [1.165, 1.54) is 4.90 Å². The maximum atomic E-state index is 13.2. The van der Waals surface area contributed by atoms with Gasteiger partial charge in [0.25, 0.3) is 11.5 Å². The molecule has 0 spiro atoms. The lowest BCUT2D eigenvalue weighted by molar-refractivity contribution is -0.883. The van der Waals surface area contributed by atoms with Gasteiger partial charge in [0, 0.05) is 11.6 Å². The van der Waals surface area contributed by atoms with Gasteiger partial charge in [0.2, 0.25) is 0 Å². The lowest BCUT2D eigenvalue weighted by atomic mass is 10.1. The molecule has 6 heteroatoms. The molecule has 0 bridgehead atoms. The van der Waals surface area contributed by atoms with Crippen LogP contribution < -0.4 is 10.5 Å². The third-order valence-electron chi connectivity index (χ3n) is 5.17. The normalized spacial score (nSPS) is 15.2. The number of carbonyl (C=O) groups is 1. The standard InChI is InChI=1S/C21H22N4O2/c1-23-10-12-24(13-11-23)20(26)18-14-17-8-5-9-22-19(17)25(21(18)27)15-16-6-3-2-4-7-16/h2-9,14H,10-13,15H2,1H3/p+1. The maximum Gasteiger partial charge on any atom is 0.265 e. The van der Waals surface area contributed by atoms with Gasteiger partial charge in [0.1, 0.15) is 11.2 Å². The summed E-state index contributed by atoms with van der Waals surface area (Å²) in [6.07, 6.45) is 1.67. The Bertz CT molecular complexity index is 1020. The van der Waals surface area contributed by atoms with E-state index >= 15 is 0 Å². The minimum atomic E-state index is -0.277. The molecule has 1 amide bonds. The zero-order valence-corrected chi connectivity index (χ0v) is 15.4. The van der Waals surface area contributed by atoms with Crippen LogP contribution in [0.15, 0.2) is 59.5 Å². The first-order valence-corrected chi connectivity index (χ1v) is 9.26. The largest absolute Gasteiger partial charge is 0.334 e. The fraction of sp³-hybridized carbons (Fsp3) is 0.286. The van der Waals surface area contributed by atoms with Crippen LogP contribution in [0.2, 0.25) is 0 Å². The van der Waals surface area contributed by atoms with E-state index in [2.05, 4.69) is 12.0 Å². The number of nitrogens with one attached hydrogen (secondary N) is 1. The van der Waals surface area contributed by atoms with Crippen molar-refractivity contribution in [2.75, 3.05) is 33.2 Å². The van der Waals surface area contributed by atoms with Gasteiger partial charge < -0.3 is 9.80 Å². The van der Waals surface area contributed by atoms with Crippen molar-refractivity contribution in [1.82, 2.24) is 14.5 Å². The molecule has 1 aromatic carbocycles. The number of carbonyl (C=O) groups excluding carboxylic acids is 1. The van der Waals surface area contributed by atoms with E-state index in [-0.39, 0.29) is 17.0 Å². The zero-order valence-electron chi connectivity index (χ0n) is 15.4. The van der Waals surface area contributed by atoms with E-state index in [0.29, 0.717) is 25.3 Å². The van der Waals surface area contributed by atoms with Crippen molar-refractivity contribution >= 4 is 16.9 Å². The Morgan fingerprint density at radius 2 is 1.85 bits per heavy atom. The number of pyridine rings is 2. The Morgan fingerprint density at radius 1 is 1.11 bits per heavy atom. The molecule has 27 heavy (non-hydrogen) atoms. The van der Waals surface area contributed by atoms with Crippen molar-refractivity contribution in [2.24, 2.45) is 0 Å². The van der Waals surface area contributed by atoms with Gasteiger partial charge in [-0.05, 0) is 23.8 Å². The Balaban J connectivity index is 1.79. The molecule has 1 saturated heterocycles. The number of fused-ring (bicyclic) bond motifs is 1. The maximum absolute atomic E-state index is 13.2. The van der Waals surface area contributed by atoms with E-state index in [1.807, 2.05) is 42.5 Å². The third kappa shape index (κ3) is 3.48. The fourth-order valence-corrected chi connectivity index (χ4v) is 3.53. The van der Waals surface area contributed by atoms with E-state index in [1.54, 1.807) is 21.7 Å². The summed E-state index contributed by atoms with van der Waals surface area (Å²) >= 11 is 0. The monoisotopic (exact) mass is 363 g/mol. The average molecular weight is 363 g/mol.